The molecule has 29 heavy (non-hydrogen) atoms. The number of benzene rings is 3. The van der Waals surface area contributed by atoms with Gasteiger partial charge < -0.3 is 14.0 Å². The molecule has 0 bridgehead atoms. The van der Waals surface area contributed by atoms with Crippen molar-refractivity contribution in [3.63, 3.8) is 0 Å². The second-order valence-electron chi connectivity index (χ2n) is 6.91. The van der Waals surface area contributed by atoms with Gasteiger partial charge in [-0.3, -0.25) is 4.79 Å². The van der Waals surface area contributed by atoms with E-state index in [0.717, 1.165) is 44.6 Å². The first kappa shape index (κ1) is 17.9. The number of aryl methyl sites for hydroxylation is 1. The molecular formula is C23H20N2O3S. The van der Waals surface area contributed by atoms with Crippen LogP contribution in [0, 0.1) is 0 Å². The van der Waals surface area contributed by atoms with Gasteiger partial charge in [0, 0.05) is 18.7 Å². The maximum Gasteiger partial charge on any atom is 0.252 e. The topological polar surface area (TPSA) is 52.8 Å². The largest absolute Gasteiger partial charge is 0.486 e. The fourth-order valence-corrected chi connectivity index (χ4v) is 4.87. The Hall–Kier alpha value is -3.12. The minimum Gasteiger partial charge on any atom is -0.486 e. The average molecular weight is 404 g/mol. The summed E-state index contributed by atoms with van der Waals surface area (Å²) in [6.07, 6.45) is 0.280. The lowest BCUT2D eigenvalue weighted by Crippen LogP contribution is -2.17. The average Bonchev–Trinajstić information content (AvgIpc) is 3.07. The Labute approximate surface area is 171 Å². The number of thiazole rings is 1. The SMILES string of the molecule is CCn1c(=NC(=O)Cc2cccc3ccccc23)sc2cc3c(cc21)OCCO3. The molecule has 2 heterocycles. The van der Waals surface area contributed by atoms with Gasteiger partial charge in [-0.1, -0.05) is 53.8 Å². The molecule has 5 rings (SSSR count). The Morgan fingerprint density at radius 2 is 1.83 bits per heavy atom. The van der Waals surface area contributed by atoms with E-state index in [1.807, 2.05) is 42.5 Å². The Balaban J connectivity index is 1.54. The highest BCUT2D eigenvalue weighted by Gasteiger charge is 2.16. The van der Waals surface area contributed by atoms with Crippen molar-refractivity contribution in [3.8, 4) is 11.5 Å². The van der Waals surface area contributed by atoms with Crippen LogP contribution in [0.3, 0.4) is 0 Å². The number of fused-ring (bicyclic) bond motifs is 3. The van der Waals surface area contributed by atoms with Crippen LogP contribution in [0.1, 0.15) is 12.5 Å². The van der Waals surface area contributed by atoms with Crippen LogP contribution in [0.5, 0.6) is 11.5 Å². The van der Waals surface area contributed by atoms with Crippen LogP contribution >= 0.6 is 11.3 Å². The van der Waals surface area contributed by atoms with Gasteiger partial charge in [-0.25, -0.2) is 0 Å². The second kappa shape index (κ2) is 7.37. The summed E-state index contributed by atoms with van der Waals surface area (Å²) in [7, 11) is 0. The first-order chi connectivity index (χ1) is 14.2. The summed E-state index contributed by atoms with van der Waals surface area (Å²) >= 11 is 1.50. The number of ether oxygens (including phenoxy) is 2. The molecule has 146 valence electrons. The third kappa shape index (κ3) is 3.29. The van der Waals surface area contributed by atoms with E-state index in [1.54, 1.807) is 0 Å². The number of hydrogen-bond donors (Lipinski definition) is 0. The number of carbonyl (C=O) groups excluding carboxylic acids is 1. The molecule has 0 fully saturated rings. The Morgan fingerprint density at radius 3 is 2.66 bits per heavy atom. The summed E-state index contributed by atoms with van der Waals surface area (Å²) in [6.45, 7) is 3.88. The predicted molar refractivity (Wildman–Crippen MR) is 115 cm³/mol. The summed E-state index contributed by atoms with van der Waals surface area (Å²) in [5.41, 5.74) is 2.01. The first-order valence-corrected chi connectivity index (χ1v) is 10.5. The van der Waals surface area contributed by atoms with E-state index in [4.69, 9.17) is 9.47 Å². The highest BCUT2D eigenvalue weighted by atomic mass is 32.1. The van der Waals surface area contributed by atoms with Gasteiger partial charge in [-0.2, -0.15) is 4.99 Å². The maximum atomic E-state index is 12.8. The zero-order valence-corrected chi connectivity index (χ0v) is 16.9. The molecule has 0 spiro atoms. The van der Waals surface area contributed by atoms with Gasteiger partial charge in [0.05, 0.1) is 16.6 Å². The summed E-state index contributed by atoms with van der Waals surface area (Å²) in [5.74, 6) is 1.35. The van der Waals surface area contributed by atoms with Crippen LogP contribution in [-0.2, 0) is 17.8 Å². The molecule has 3 aromatic carbocycles. The van der Waals surface area contributed by atoms with Gasteiger partial charge in [0.1, 0.15) is 13.2 Å². The first-order valence-electron chi connectivity index (χ1n) is 9.70. The predicted octanol–water partition coefficient (Wildman–Crippen LogP) is 4.32. The number of amides is 1. The second-order valence-corrected chi connectivity index (χ2v) is 7.92. The highest BCUT2D eigenvalue weighted by Crippen LogP contribution is 2.35. The molecule has 6 heteroatoms. The quantitative estimate of drug-likeness (QED) is 0.511. The van der Waals surface area contributed by atoms with Gasteiger partial charge in [0.25, 0.3) is 5.91 Å². The molecule has 0 unspecified atom stereocenters. The van der Waals surface area contributed by atoms with Crippen LogP contribution in [0.15, 0.2) is 59.6 Å². The summed E-state index contributed by atoms with van der Waals surface area (Å²) in [6, 6.07) is 18.1. The van der Waals surface area contributed by atoms with Crippen molar-refractivity contribution in [3.05, 3.63) is 65.0 Å². The maximum absolute atomic E-state index is 12.8. The Bertz CT molecular complexity index is 1300. The van der Waals surface area contributed by atoms with Gasteiger partial charge in [-0.05, 0) is 23.3 Å². The van der Waals surface area contributed by atoms with Crippen molar-refractivity contribution in [1.82, 2.24) is 4.57 Å². The lowest BCUT2D eigenvalue weighted by atomic mass is 10.0. The molecule has 0 N–H and O–H groups in total. The number of nitrogens with zero attached hydrogens (tertiary/aromatic N) is 2. The van der Waals surface area contributed by atoms with E-state index < -0.39 is 0 Å². The van der Waals surface area contributed by atoms with Crippen molar-refractivity contribution in [2.75, 3.05) is 13.2 Å². The smallest absolute Gasteiger partial charge is 0.252 e. The minimum absolute atomic E-state index is 0.146. The van der Waals surface area contributed by atoms with E-state index in [2.05, 4.69) is 28.6 Å². The van der Waals surface area contributed by atoms with Crippen molar-refractivity contribution >= 4 is 38.2 Å². The lowest BCUT2D eigenvalue weighted by molar-refractivity contribution is -0.117. The summed E-state index contributed by atoms with van der Waals surface area (Å²) in [5, 5.41) is 2.23. The molecule has 0 radical (unpaired) electrons. The lowest BCUT2D eigenvalue weighted by Gasteiger charge is -2.18. The van der Waals surface area contributed by atoms with Crippen LogP contribution in [0.25, 0.3) is 21.0 Å². The Kier molecular flexibility index (Phi) is 4.56. The fourth-order valence-electron chi connectivity index (χ4n) is 3.75. The zero-order chi connectivity index (χ0) is 19.8. The molecule has 5 nitrogen and oxygen atoms in total. The van der Waals surface area contributed by atoms with Gasteiger partial charge in [0.15, 0.2) is 16.3 Å². The van der Waals surface area contributed by atoms with Crippen LogP contribution in [-0.4, -0.2) is 23.7 Å². The highest BCUT2D eigenvalue weighted by molar-refractivity contribution is 7.16. The van der Waals surface area contributed by atoms with E-state index >= 15 is 0 Å². The monoisotopic (exact) mass is 404 g/mol. The third-order valence-electron chi connectivity index (χ3n) is 5.10. The molecule has 0 saturated carbocycles. The molecule has 1 aromatic heterocycles. The molecule has 0 atom stereocenters. The number of aromatic nitrogens is 1. The summed E-state index contributed by atoms with van der Waals surface area (Å²) in [4.78, 5) is 18.0. The van der Waals surface area contributed by atoms with Crippen molar-refractivity contribution in [1.29, 1.82) is 0 Å². The van der Waals surface area contributed by atoms with E-state index in [-0.39, 0.29) is 12.3 Å². The van der Waals surface area contributed by atoms with Crippen molar-refractivity contribution in [2.24, 2.45) is 4.99 Å². The molecule has 0 saturated heterocycles. The molecule has 1 aliphatic rings. The summed E-state index contributed by atoms with van der Waals surface area (Å²) < 4.78 is 14.5. The van der Waals surface area contributed by atoms with E-state index in [1.165, 1.54) is 11.3 Å². The van der Waals surface area contributed by atoms with Crippen LogP contribution in [0.4, 0.5) is 0 Å². The van der Waals surface area contributed by atoms with Crippen LogP contribution < -0.4 is 14.3 Å². The van der Waals surface area contributed by atoms with Crippen molar-refractivity contribution < 1.29 is 14.3 Å². The van der Waals surface area contributed by atoms with Gasteiger partial charge in [-0.15, -0.1) is 0 Å². The molecule has 1 aliphatic heterocycles. The van der Waals surface area contributed by atoms with E-state index in [0.29, 0.717) is 18.0 Å². The number of carbonyl (C=O) groups is 1. The molecular weight excluding hydrogens is 384 g/mol. The van der Waals surface area contributed by atoms with Gasteiger partial charge >= 0.3 is 0 Å². The zero-order valence-electron chi connectivity index (χ0n) is 16.1. The standard InChI is InChI=1S/C23H20N2O3S/c1-2-25-18-13-19-20(28-11-10-27-19)14-21(18)29-23(25)24-22(26)12-16-8-5-7-15-6-3-4-9-17(15)16/h3-9,13-14H,2,10-12H2,1H3. The van der Waals surface area contributed by atoms with Crippen molar-refractivity contribution in [2.45, 2.75) is 19.9 Å². The molecule has 4 aromatic rings. The van der Waals surface area contributed by atoms with Gasteiger partial charge in [0.2, 0.25) is 0 Å². The molecule has 0 aliphatic carbocycles. The fraction of sp³-hybridized carbons (Fsp3) is 0.217. The third-order valence-corrected chi connectivity index (χ3v) is 6.15. The number of rotatable bonds is 3. The van der Waals surface area contributed by atoms with Crippen LogP contribution in [0.2, 0.25) is 0 Å². The normalized spacial score (nSPS) is 13.9. The minimum atomic E-state index is -0.146. The van der Waals surface area contributed by atoms with E-state index in [9.17, 15) is 4.79 Å². The number of hydrogen-bond acceptors (Lipinski definition) is 4. The Morgan fingerprint density at radius 1 is 1.07 bits per heavy atom. The molecule has 1 amide bonds.